The van der Waals surface area contributed by atoms with E-state index >= 15 is 0 Å². The van der Waals surface area contributed by atoms with Gasteiger partial charge in [0.15, 0.2) is 5.65 Å². The highest BCUT2D eigenvalue weighted by Gasteiger charge is 2.15. The predicted molar refractivity (Wildman–Crippen MR) is 97.5 cm³/mol. The summed E-state index contributed by atoms with van der Waals surface area (Å²) in [6.07, 6.45) is 0.976. The van der Waals surface area contributed by atoms with E-state index in [4.69, 9.17) is 0 Å². The topological polar surface area (TPSA) is 72.7 Å². The van der Waals surface area contributed by atoms with Crippen molar-refractivity contribution in [2.75, 3.05) is 5.32 Å². The second kappa shape index (κ2) is 6.32. The molecule has 6 nitrogen and oxygen atoms in total. The number of para-hydroxylation sites is 1. The molecule has 0 saturated heterocycles. The van der Waals surface area contributed by atoms with Gasteiger partial charge in [-0.2, -0.15) is 4.98 Å². The third-order valence-corrected chi connectivity index (χ3v) is 4.08. The number of anilines is 1. The number of carbonyl (C=O) groups is 1. The minimum Gasteiger partial charge on any atom is -0.324 e. The van der Waals surface area contributed by atoms with Crippen molar-refractivity contribution < 1.29 is 4.79 Å². The number of carbonyl (C=O) groups excluding carboxylic acids is 1. The lowest BCUT2D eigenvalue weighted by molar-refractivity contribution is 0.102. The molecule has 0 spiro atoms. The molecule has 0 fully saturated rings. The molecule has 4 rings (SSSR count). The van der Waals surface area contributed by atoms with Gasteiger partial charge in [-0.05, 0) is 24.6 Å². The Morgan fingerprint density at radius 3 is 2.60 bits per heavy atom. The maximum atomic E-state index is 12.3. The molecule has 0 radical (unpaired) electrons. The Morgan fingerprint density at radius 2 is 1.80 bits per heavy atom. The Hall–Kier alpha value is -3.28. The van der Waals surface area contributed by atoms with Crippen molar-refractivity contribution in [1.82, 2.24) is 19.7 Å². The van der Waals surface area contributed by atoms with E-state index in [0.717, 1.165) is 35.0 Å². The monoisotopic (exact) mass is 331 g/mol. The molecule has 1 N–H and O–H groups in total. The maximum Gasteiger partial charge on any atom is 0.258 e. The van der Waals surface area contributed by atoms with E-state index in [1.165, 1.54) is 0 Å². The van der Waals surface area contributed by atoms with Crippen LogP contribution in [-0.2, 0) is 6.54 Å². The van der Waals surface area contributed by atoms with E-state index in [1.807, 2.05) is 36.4 Å². The number of nitrogens with one attached hydrogen (secondary N) is 1. The van der Waals surface area contributed by atoms with Gasteiger partial charge in [-0.3, -0.25) is 10.1 Å². The molecule has 0 aliphatic rings. The highest BCUT2D eigenvalue weighted by Crippen LogP contribution is 2.26. The smallest absolute Gasteiger partial charge is 0.258 e. The normalized spacial score (nSPS) is 11.1. The summed E-state index contributed by atoms with van der Waals surface area (Å²) in [5.74, 6) is -0.0404. The van der Waals surface area contributed by atoms with Gasteiger partial charge in [-0.15, -0.1) is 10.2 Å². The van der Waals surface area contributed by atoms with E-state index in [0.29, 0.717) is 5.56 Å². The zero-order valence-electron chi connectivity index (χ0n) is 13.8. The zero-order valence-corrected chi connectivity index (χ0v) is 13.8. The van der Waals surface area contributed by atoms with Crippen molar-refractivity contribution in [2.45, 2.75) is 19.9 Å². The number of aromatic nitrogens is 4. The summed E-state index contributed by atoms with van der Waals surface area (Å²) in [5, 5.41) is 12.1. The van der Waals surface area contributed by atoms with Gasteiger partial charge in [0.05, 0.1) is 5.52 Å². The van der Waals surface area contributed by atoms with E-state index in [9.17, 15) is 4.79 Å². The number of hydrogen-bond acceptors (Lipinski definition) is 4. The Bertz CT molecular complexity index is 1060. The van der Waals surface area contributed by atoms with Crippen LogP contribution in [0.4, 0.5) is 5.95 Å². The highest BCUT2D eigenvalue weighted by molar-refractivity contribution is 6.06. The van der Waals surface area contributed by atoms with Crippen molar-refractivity contribution in [1.29, 1.82) is 0 Å². The van der Waals surface area contributed by atoms with Crippen LogP contribution in [0.5, 0.6) is 0 Å². The summed E-state index contributed by atoms with van der Waals surface area (Å²) in [6, 6.07) is 17.0. The molecule has 0 aliphatic carbocycles. The average Bonchev–Trinajstić information content (AvgIpc) is 2.96. The minimum absolute atomic E-state index is 0.210. The van der Waals surface area contributed by atoms with Gasteiger partial charge in [0.25, 0.3) is 11.9 Å². The lowest BCUT2D eigenvalue weighted by Crippen LogP contribution is -2.15. The molecule has 4 aromatic rings. The molecular weight excluding hydrogens is 314 g/mol. The van der Waals surface area contributed by atoms with Crippen LogP contribution in [0.2, 0.25) is 0 Å². The fourth-order valence-corrected chi connectivity index (χ4v) is 2.97. The second-order valence-corrected chi connectivity index (χ2v) is 5.80. The molecule has 0 bridgehead atoms. The van der Waals surface area contributed by atoms with Gasteiger partial charge >= 0.3 is 0 Å². The van der Waals surface area contributed by atoms with Crippen LogP contribution in [0, 0.1) is 0 Å². The van der Waals surface area contributed by atoms with Crippen LogP contribution in [-0.4, -0.2) is 25.7 Å². The van der Waals surface area contributed by atoms with E-state index in [2.05, 4.69) is 38.1 Å². The van der Waals surface area contributed by atoms with Gasteiger partial charge in [-0.1, -0.05) is 43.3 Å². The Labute approximate surface area is 144 Å². The molecule has 0 aliphatic heterocycles. The molecule has 0 saturated carbocycles. The van der Waals surface area contributed by atoms with Crippen molar-refractivity contribution >= 4 is 33.9 Å². The SMILES string of the molecule is CCCn1c2ccccc2c2nnc(NC(=O)c3ccccc3)nc21. The Kier molecular flexibility index (Phi) is 3.85. The van der Waals surface area contributed by atoms with Crippen molar-refractivity contribution in [3.8, 4) is 0 Å². The molecule has 1 amide bonds. The fraction of sp³-hybridized carbons (Fsp3) is 0.158. The van der Waals surface area contributed by atoms with Crippen LogP contribution in [0.3, 0.4) is 0 Å². The Balaban J connectivity index is 1.78. The third-order valence-electron chi connectivity index (χ3n) is 4.08. The van der Waals surface area contributed by atoms with Crippen LogP contribution >= 0.6 is 0 Å². The van der Waals surface area contributed by atoms with Crippen molar-refractivity contribution in [2.24, 2.45) is 0 Å². The highest BCUT2D eigenvalue weighted by atomic mass is 16.1. The molecule has 124 valence electrons. The summed E-state index contributed by atoms with van der Waals surface area (Å²) in [6.45, 7) is 2.95. The largest absolute Gasteiger partial charge is 0.324 e. The van der Waals surface area contributed by atoms with Gasteiger partial charge in [0.1, 0.15) is 5.52 Å². The number of fused-ring (bicyclic) bond motifs is 3. The van der Waals surface area contributed by atoms with Gasteiger partial charge in [-0.25, -0.2) is 0 Å². The average molecular weight is 331 g/mol. The first kappa shape index (κ1) is 15.3. The predicted octanol–water partition coefficient (Wildman–Crippen LogP) is 3.64. The van der Waals surface area contributed by atoms with Gasteiger partial charge in [0, 0.05) is 17.5 Å². The third kappa shape index (κ3) is 2.71. The number of amides is 1. The van der Waals surface area contributed by atoms with Crippen LogP contribution in [0.25, 0.3) is 22.1 Å². The molecule has 2 aromatic heterocycles. The first-order valence-electron chi connectivity index (χ1n) is 8.26. The van der Waals surface area contributed by atoms with Crippen LogP contribution in [0.1, 0.15) is 23.7 Å². The molecule has 0 atom stereocenters. The molecule has 0 unspecified atom stereocenters. The molecule has 6 heteroatoms. The number of aryl methyl sites for hydroxylation is 1. The van der Waals surface area contributed by atoms with E-state index in [1.54, 1.807) is 12.1 Å². The standard InChI is InChI=1S/C19H17N5O/c1-2-12-24-15-11-7-6-10-14(15)16-17(24)20-19(23-22-16)21-18(25)13-8-4-3-5-9-13/h3-11H,2,12H2,1H3,(H,20,21,23,25). The molecule has 2 aromatic carbocycles. The first-order valence-corrected chi connectivity index (χ1v) is 8.26. The number of hydrogen-bond donors (Lipinski definition) is 1. The van der Waals surface area contributed by atoms with Gasteiger partial charge in [0.2, 0.25) is 0 Å². The van der Waals surface area contributed by atoms with E-state index in [-0.39, 0.29) is 11.9 Å². The van der Waals surface area contributed by atoms with Crippen molar-refractivity contribution in [3.63, 3.8) is 0 Å². The van der Waals surface area contributed by atoms with E-state index < -0.39 is 0 Å². The lowest BCUT2D eigenvalue weighted by atomic mass is 10.2. The quantitative estimate of drug-likeness (QED) is 0.619. The molecular formula is C19H17N5O. The number of benzene rings is 2. The maximum absolute atomic E-state index is 12.3. The molecule has 2 heterocycles. The summed E-state index contributed by atoms with van der Waals surface area (Å²) >= 11 is 0. The van der Waals surface area contributed by atoms with Crippen LogP contribution in [0.15, 0.2) is 54.6 Å². The first-order chi connectivity index (χ1) is 12.3. The second-order valence-electron chi connectivity index (χ2n) is 5.80. The van der Waals surface area contributed by atoms with Crippen molar-refractivity contribution in [3.05, 3.63) is 60.2 Å². The van der Waals surface area contributed by atoms with Crippen LogP contribution < -0.4 is 5.32 Å². The fourth-order valence-electron chi connectivity index (χ4n) is 2.97. The number of nitrogens with zero attached hydrogens (tertiary/aromatic N) is 4. The molecule has 25 heavy (non-hydrogen) atoms. The zero-order chi connectivity index (χ0) is 17.2. The summed E-state index contributed by atoms with van der Waals surface area (Å²) < 4.78 is 2.12. The lowest BCUT2D eigenvalue weighted by Gasteiger charge is -2.06. The number of rotatable bonds is 4. The Morgan fingerprint density at radius 1 is 1.04 bits per heavy atom. The summed E-state index contributed by atoms with van der Waals surface area (Å²) in [7, 11) is 0. The van der Waals surface area contributed by atoms with Gasteiger partial charge < -0.3 is 4.57 Å². The summed E-state index contributed by atoms with van der Waals surface area (Å²) in [5.41, 5.74) is 3.12. The minimum atomic E-state index is -0.250. The summed E-state index contributed by atoms with van der Waals surface area (Å²) in [4.78, 5) is 16.9.